The highest BCUT2D eigenvalue weighted by Crippen LogP contribution is 2.36. The predicted molar refractivity (Wildman–Crippen MR) is 107 cm³/mol. The molecule has 5 nitrogen and oxygen atoms in total. The highest BCUT2D eigenvalue weighted by molar-refractivity contribution is 6.34. The molecule has 3 aromatic rings. The maximum absolute atomic E-state index is 13.6. The van der Waals surface area contributed by atoms with Crippen molar-refractivity contribution < 1.29 is 40.7 Å². The van der Waals surface area contributed by atoms with Gasteiger partial charge in [-0.2, -0.15) is 26.3 Å². The van der Waals surface area contributed by atoms with Gasteiger partial charge in [-0.05, 0) is 42.8 Å². The van der Waals surface area contributed by atoms with Gasteiger partial charge in [0.15, 0.2) is 6.04 Å². The summed E-state index contributed by atoms with van der Waals surface area (Å²) >= 11 is 6.04. The predicted octanol–water partition coefficient (Wildman–Crippen LogP) is 6.05. The number of rotatable bonds is 5. The molecule has 176 valence electrons. The van der Waals surface area contributed by atoms with E-state index >= 15 is 0 Å². The van der Waals surface area contributed by atoms with Crippen LogP contribution in [0.5, 0.6) is 0 Å². The number of halogens is 7. The van der Waals surface area contributed by atoms with Crippen molar-refractivity contribution in [1.29, 1.82) is 0 Å². The molecule has 0 spiro atoms. The van der Waals surface area contributed by atoms with E-state index in [1.54, 1.807) is 12.2 Å². The number of hydrogen-bond donors (Lipinski definition) is 2. The second-order valence-electron chi connectivity index (χ2n) is 6.89. The Hall–Kier alpha value is -3.21. The number of ether oxygens (including phenoxy) is 1. The Kier molecular flexibility index (Phi) is 6.64. The van der Waals surface area contributed by atoms with E-state index in [1.165, 1.54) is 18.2 Å². The summed E-state index contributed by atoms with van der Waals surface area (Å²) in [5.41, 5.74) is -2.14. The Morgan fingerprint density at radius 1 is 1.09 bits per heavy atom. The van der Waals surface area contributed by atoms with Gasteiger partial charge >= 0.3 is 18.3 Å². The molecule has 1 unspecified atom stereocenters. The van der Waals surface area contributed by atoms with Crippen molar-refractivity contribution in [3.8, 4) is 0 Å². The van der Waals surface area contributed by atoms with Crippen LogP contribution in [0.25, 0.3) is 10.9 Å². The molecule has 0 aliphatic carbocycles. The summed E-state index contributed by atoms with van der Waals surface area (Å²) in [4.78, 5) is 27.1. The average Bonchev–Trinajstić information content (AvgIpc) is 3.13. The highest BCUT2D eigenvalue weighted by atomic mass is 35.5. The number of carbonyl (C=O) groups is 2. The average molecular weight is 493 g/mol. The number of H-pyrrole nitrogens is 1. The molecule has 0 bridgehead atoms. The lowest BCUT2D eigenvalue weighted by atomic mass is 10.0. The van der Waals surface area contributed by atoms with Gasteiger partial charge in [0.2, 0.25) is 0 Å². The quantitative estimate of drug-likeness (QED) is 0.336. The van der Waals surface area contributed by atoms with Crippen molar-refractivity contribution in [3.63, 3.8) is 0 Å². The molecule has 2 N–H and O–H groups in total. The summed E-state index contributed by atoms with van der Waals surface area (Å²) in [6.45, 7) is 1.67. The first-order chi connectivity index (χ1) is 15.3. The minimum absolute atomic E-state index is 0.00546. The van der Waals surface area contributed by atoms with E-state index in [9.17, 15) is 35.9 Å². The fourth-order valence-electron chi connectivity index (χ4n) is 3.10. The number of aromatic amines is 1. The minimum atomic E-state index is -5.08. The first kappa shape index (κ1) is 24.4. The standard InChI is InChI=1S/C21H15ClF6N2O3/c1-2-33-19(32)13-7-11-8-16(29-15(11)9-14(13)22)18(31)30-17(21(26,27)28)10-4-3-5-12(6-10)20(23,24)25/h3-9,17,29H,2H2,1H3,(H,30,31). The maximum atomic E-state index is 13.6. The molecule has 0 saturated carbocycles. The van der Waals surface area contributed by atoms with Crippen molar-refractivity contribution in [3.05, 3.63) is 69.9 Å². The number of fused-ring (bicyclic) bond motifs is 1. The third kappa shape index (κ3) is 5.41. The SMILES string of the molecule is CCOC(=O)c1cc2cc(C(=O)NC(c3cccc(C(F)(F)F)c3)C(F)(F)F)[nH]c2cc1Cl. The lowest BCUT2D eigenvalue weighted by Gasteiger charge is -2.22. The molecule has 0 radical (unpaired) electrons. The number of esters is 1. The fourth-order valence-corrected chi connectivity index (χ4v) is 3.34. The van der Waals surface area contributed by atoms with Crippen LogP contribution in [0.15, 0.2) is 42.5 Å². The van der Waals surface area contributed by atoms with Crippen LogP contribution < -0.4 is 5.32 Å². The zero-order chi connectivity index (χ0) is 24.6. The van der Waals surface area contributed by atoms with Crippen LogP contribution in [-0.4, -0.2) is 29.6 Å². The Labute approximate surface area is 187 Å². The van der Waals surface area contributed by atoms with Crippen LogP contribution in [0.3, 0.4) is 0 Å². The summed E-state index contributed by atoms with van der Waals surface area (Å²) in [6.07, 6.45) is -9.93. The van der Waals surface area contributed by atoms with Crippen LogP contribution in [0.1, 0.15) is 44.9 Å². The fraction of sp³-hybridized carbons (Fsp3) is 0.238. The van der Waals surface area contributed by atoms with E-state index in [-0.39, 0.29) is 33.8 Å². The van der Waals surface area contributed by atoms with Crippen molar-refractivity contribution in [2.24, 2.45) is 0 Å². The van der Waals surface area contributed by atoms with Gasteiger partial charge in [0.05, 0.1) is 22.8 Å². The third-order valence-corrected chi connectivity index (χ3v) is 4.91. The highest BCUT2D eigenvalue weighted by Gasteiger charge is 2.43. The smallest absolute Gasteiger partial charge is 0.416 e. The monoisotopic (exact) mass is 492 g/mol. The molecular formula is C21H15ClF6N2O3. The van der Waals surface area contributed by atoms with Gasteiger partial charge in [0, 0.05) is 10.9 Å². The molecule has 33 heavy (non-hydrogen) atoms. The Morgan fingerprint density at radius 2 is 1.79 bits per heavy atom. The van der Waals surface area contributed by atoms with Gasteiger partial charge in [-0.15, -0.1) is 0 Å². The van der Waals surface area contributed by atoms with Gasteiger partial charge in [0.1, 0.15) is 5.69 Å². The number of hydrogen-bond acceptors (Lipinski definition) is 3. The molecule has 0 fully saturated rings. The molecular weight excluding hydrogens is 478 g/mol. The van der Waals surface area contributed by atoms with Crippen LogP contribution >= 0.6 is 11.6 Å². The van der Waals surface area contributed by atoms with Crippen LogP contribution in [0.4, 0.5) is 26.3 Å². The Bertz CT molecular complexity index is 1200. The van der Waals surface area contributed by atoms with Crippen molar-refractivity contribution >= 4 is 34.4 Å². The van der Waals surface area contributed by atoms with Gasteiger partial charge in [0.25, 0.3) is 5.91 Å². The molecule has 1 aromatic heterocycles. The second kappa shape index (κ2) is 8.97. The molecule has 0 saturated heterocycles. The van der Waals surface area contributed by atoms with E-state index < -0.39 is 41.4 Å². The maximum Gasteiger partial charge on any atom is 0.416 e. The van der Waals surface area contributed by atoms with E-state index in [2.05, 4.69) is 4.98 Å². The lowest BCUT2D eigenvalue weighted by Crippen LogP contribution is -2.38. The molecule has 2 aromatic carbocycles. The van der Waals surface area contributed by atoms with Crippen LogP contribution in [0, 0.1) is 0 Å². The number of nitrogens with one attached hydrogen (secondary N) is 2. The number of benzene rings is 2. The Morgan fingerprint density at radius 3 is 2.39 bits per heavy atom. The van der Waals surface area contributed by atoms with Gasteiger partial charge in [-0.1, -0.05) is 23.7 Å². The molecule has 1 amide bonds. The normalized spacial score (nSPS) is 13.1. The molecule has 0 aliphatic heterocycles. The second-order valence-corrected chi connectivity index (χ2v) is 7.30. The zero-order valence-electron chi connectivity index (χ0n) is 16.7. The van der Waals surface area contributed by atoms with E-state index in [1.807, 2.05) is 0 Å². The third-order valence-electron chi connectivity index (χ3n) is 4.60. The van der Waals surface area contributed by atoms with Gasteiger partial charge < -0.3 is 15.0 Å². The van der Waals surface area contributed by atoms with E-state index in [0.717, 1.165) is 12.1 Å². The molecule has 1 atom stereocenters. The van der Waals surface area contributed by atoms with Gasteiger partial charge in [-0.3, -0.25) is 4.79 Å². The summed E-state index contributed by atoms with van der Waals surface area (Å²) < 4.78 is 84.5. The van der Waals surface area contributed by atoms with E-state index in [0.29, 0.717) is 12.1 Å². The summed E-state index contributed by atoms with van der Waals surface area (Å²) in [7, 11) is 0. The number of amides is 1. The van der Waals surface area contributed by atoms with Gasteiger partial charge in [-0.25, -0.2) is 4.79 Å². The summed E-state index contributed by atoms with van der Waals surface area (Å²) in [5.74, 6) is -1.95. The van der Waals surface area contributed by atoms with Crippen molar-refractivity contribution in [2.45, 2.75) is 25.3 Å². The van der Waals surface area contributed by atoms with Crippen LogP contribution in [0.2, 0.25) is 5.02 Å². The topological polar surface area (TPSA) is 71.2 Å². The molecule has 0 aliphatic rings. The van der Waals surface area contributed by atoms with E-state index in [4.69, 9.17) is 16.3 Å². The van der Waals surface area contributed by atoms with Crippen molar-refractivity contribution in [2.75, 3.05) is 6.61 Å². The first-order valence-corrected chi connectivity index (χ1v) is 9.73. The summed E-state index contributed by atoms with van der Waals surface area (Å²) in [6, 6.07) is 3.71. The Balaban J connectivity index is 1.94. The lowest BCUT2D eigenvalue weighted by molar-refractivity contribution is -0.156. The number of alkyl halides is 6. The molecule has 1 heterocycles. The zero-order valence-corrected chi connectivity index (χ0v) is 17.5. The largest absolute Gasteiger partial charge is 0.462 e. The summed E-state index contributed by atoms with van der Waals surface area (Å²) in [5, 5.41) is 1.99. The molecule has 3 rings (SSSR count). The first-order valence-electron chi connectivity index (χ1n) is 9.35. The number of aromatic nitrogens is 1. The van der Waals surface area contributed by atoms with Crippen LogP contribution in [-0.2, 0) is 10.9 Å². The minimum Gasteiger partial charge on any atom is -0.462 e. The van der Waals surface area contributed by atoms with Crippen molar-refractivity contribution in [1.82, 2.24) is 10.3 Å². The number of carbonyl (C=O) groups excluding carboxylic acids is 2. The molecule has 12 heteroatoms.